The number of rotatable bonds is 7. The van der Waals surface area contributed by atoms with Gasteiger partial charge in [0.25, 0.3) is 0 Å². The molecule has 7 heteroatoms. The number of hydrogen-bond donors (Lipinski definition) is 0. The number of amides is 1. The van der Waals surface area contributed by atoms with E-state index in [4.69, 9.17) is 16.9 Å². The van der Waals surface area contributed by atoms with Gasteiger partial charge in [-0.05, 0) is 23.8 Å². The lowest BCUT2D eigenvalue weighted by Crippen LogP contribution is -2.29. The molecular formula is C20H19ClN4OS. The highest BCUT2D eigenvalue weighted by Gasteiger charge is 2.15. The minimum Gasteiger partial charge on any atom is -0.344 e. The molecular weight excluding hydrogens is 380 g/mol. The first-order valence-corrected chi connectivity index (χ1v) is 9.88. The van der Waals surface area contributed by atoms with Crippen LogP contribution in [0.4, 0.5) is 0 Å². The average molecular weight is 399 g/mol. The molecule has 0 saturated carbocycles. The van der Waals surface area contributed by atoms with Crippen molar-refractivity contribution in [3.05, 3.63) is 59.1 Å². The second kappa shape index (κ2) is 8.94. The summed E-state index contributed by atoms with van der Waals surface area (Å²) in [5.41, 5.74) is 2.95. The third-order valence-corrected chi connectivity index (χ3v) is 5.36. The number of thioether (sulfide) groups is 1. The number of carbonyl (C=O) groups excluding carboxylic acids is 1. The van der Waals surface area contributed by atoms with Crippen LogP contribution in [0.5, 0.6) is 0 Å². The molecule has 0 aliphatic carbocycles. The maximum atomic E-state index is 12.3. The van der Waals surface area contributed by atoms with Gasteiger partial charge in [0, 0.05) is 18.6 Å². The monoisotopic (exact) mass is 398 g/mol. The quantitative estimate of drug-likeness (QED) is 0.559. The Labute approximate surface area is 167 Å². The SMILES string of the molecule is CN(CCC#N)C(=O)CSc1nc2cc(Cl)ccc2n1Cc1ccccc1. The third-order valence-electron chi connectivity index (χ3n) is 4.17. The minimum absolute atomic E-state index is 0.0217. The van der Waals surface area contributed by atoms with Gasteiger partial charge in [0.15, 0.2) is 5.16 Å². The van der Waals surface area contributed by atoms with Gasteiger partial charge in [-0.2, -0.15) is 5.26 Å². The lowest BCUT2D eigenvalue weighted by molar-refractivity contribution is -0.127. The summed E-state index contributed by atoms with van der Waals surface area (Å²) in [5.74, 6) is 0.250. The molecule has 0 saturated heterocycles. The van der Waals surface area contributed by atoms with Crippen LogP contribution in [-0.2, 0) is 11.3 Å². The first-order chi connectivity index (χ1) is 13.1. The predicted octanol–water partition coefficient (Wildman–Crippen LogP) is 4.20. The van der Waals surface area contributed by atoms with Gasteiger partial charge in [-0.3, -0.25) is 4.79 Å². The van der Waals surface area contributed by atoms with E-state index in [1.165, 1.54) is 11.8 Å². The van der Waals surface area contributed by atoms with E-state index in [0.717, 1.165) is 21.8 Å². The van der Waals surface area contributed by atoms with Crippen molar-refractivity contribution < 1.29 is 4.79 Å². The number of hydrogen-bond acceptors (Lipinski definition) is 4. The number of aromatic nitrogens is 2. The summed E-state index contributed by atoms with van der Waals surface area (Å²) in [6, 6.07) is 17.8. The number of nitriles is 1. The van der Waals surface area contributed by atoms with Crippen molar-refractivity contribution in [3.8, 4) is 6.07 Å². The largest absolute Gasteiger partial charge is 0.344 e. The first kappa shape index (κ1) is 19.3. The summed E-state index contributed by atoms with van der Waals surface area (Å²) in [7, 11) is 1.72. The summed E-state index contributed by atoms with van der Waals surface area (Å²) < 4.78 is 2.11. The number of nitrogens with zero attached hydrogens (tertiary/aromatic N) is 4. The Balaban J connectivity index is 1.84. The molecule has 3 aromatic rings. The molecule has 2 aromatic carbocycles. The van der Waals surface area contributed by atoms with Crippen LogP contribution < -0.4 is 0 Å². The molecule has 0 spiro atoms. The van der Waals surface area contributed by atoms with Gasteiger partial charge in [-0.15, -0.1) is 0 Å². The van der Waals surface area contributed by atoms with E-state index in [2.05, 4.69) is 27.8 Å². The van der Waals surface area contributed by atoms with Gasteiger partial charge in [0.1, 0.15) is 0 Å². The van der Waals surface area contributed by atoms with Gasteiger partial charge < -0.3 is 9.47 Å². The van der Waals surface area contributed by atoms with Crippen LogP contribution in [0, 0.1) is 11.3 Å². The fraction of sp³-hybridized carbons (Fsp3) is 0.250. The van der Waals surface area contributed by atoms with Crippen LogP contribution >= 0.6 is 23.4 Å². The first-order valence-electron chi connectivity index (χ1n) is 8.52. The van der Waals surface area contributed by atoms with E-state index in [1.54, 1.807) is 11.9 Å². The van der Waals surface area contributed by atoms with Crippen LogP contribution in [-0.4, -0.2) is 39.7 Å². The van der Waals surface area contributed by atoms with Crippen molar-refractivity contribution in [2.75, 3.05) is 19.3 Å². The Morgan fingerprint density at radius 3 is 2.81 bits per heavy atom. The van der Waals surface area contributed by atoms with Gasteiger partial charge in [0.05, 0.1) is 35.8 Å². The Bertz CT molecular complexity index is 981. The molecule has 5 nitrogen and oxygen atoms in total. The maximum absolute atomic E-state index is 12.3. The number of fused-ring (bicyclic) bond motifs is 1. The molecule has 3 rings (SSSR count). The van der Waals surface area contributed by atoms with E-state index >= 15 is 0 Å². The lowest BCUT2D eigenvalue weighted by atomic mass is 10.2. The Kier molecular flexibility index (Phi) is 6.38. The number of imidazole rings is 1. The Morgan fingerprint density at radius 1 is 1.30 bits per heavy atom. The van der Waals surface area contributed by atoms with Crippen molar-refractivity contribution in [2.45, 2.75) is 18.1 Å². The molecule has 1 heterocycles. The average Bonchev–Trinajstić information content (AvgIpc) is 3.01. The standard InChI is InChI=1S/C20H19ClN4OS/c1-24(11-5-10-22)19(26)14-27-20-23-17-12-16(21)8-9-18(17)25(20)13-15-6-3-2-4-7-15/h2-4,6-9,12H,5,11,13-14H2,1H3. The second-order valence-electron chi connectivity index (χ2n) is 6.11. The van der Waals surface area contributed by atoms with E-state index in [9.17, 15) is 4.79 Å². The normalized spacial score (nSPS) is 10.7. The highest BCUT2D eigenvalue weighted by molar-refractivity contribution is 7.99. The summed E-state index contributed by atoms with van der Waals surface area (Å²) in [6.07, 6.45) is 0.331. The van der Waals surface area contributed by atoms with Gasteiger partial charge in [0.2, 0.25) is 5.91 Å². The van der Waals surface area contributed by atoms with Crippen LogP contribution in [0.25, 0.3) is 11.0 Å². The Hall–Kier alpha value is -2.49. The molecule has 0 N–H and O–H groups in total. The molecule has 0 bridgehead atoms. The van der Waals surface area contributed by atoms with Crippen molar-refractivity contribution in [3.63, 3.8) is 0 Å². The molecule has 138 valence electrons. The molecule has 0 aliphatic rings. The summed E-state index contributed by atoms with van der Waals surface area (Å²) in [6.45, 7) is 1.10. The van der Waals surface area contributed by atoms with Crippen LogP contribution in [0.1, 0.15) is 12.0 Å². The zero-order valence-electron chi connectivity index (χ0n) is 14.9. The highest BCUT2D eigenvalue weighted by atomic mass is 35.5. The highest BCUT2D eigenvalue weighted by Crippen LogP contribution is 2.27. The number of halogens is 1. The van der Waals surface area contributed by atoms with E-state index in [0.29, 0.717) is 24.5 Å². The number of benzene rings is 2. The molecule has 0 atom stereocenters. The van der Waals surface area contributed by atoms with Crippen molar-refractivity contribution in [2.24, 2.45) is 0 Å². The number of carbonyl (C=O) groups is 1. The molecule has 1 amide bonds. The van der Waals surface area contributed by atoms with Crippen LogP contribution in [0.15, 0.2) is 53.7 Å². The van der Waals surface area contributed by atoms with Crippen molar-refractivity contribution in [1.29, 1.82) is 5.26 Å². The molecule has 0 aliphatic heterocycles. The smallest absolute Gasteiger partial charge is 0.232 e. The van der Waals surface area contributed by atoms with Gasteiger partial charge in [-0.25, -0.2) is 4.98 Å². The fourth-order valence-electron chi connectivity index (χ4n) is 2.69. The van der Waals surface area contributed by atoms with Crippen LogP contribution in [0.2, 0.25) is 5.02 Å². The van der Waals surface area contributed by atoms with Crippen molar-refractivity contribution in [1.82, 2.24) is 14.5 Å². The zero-order chi connectivity index (χ0) is 19.2. The summed E-state index contributed by atoms with van der Waals surface area (Å²) >= 11 is 7.52. The molecule has 0 radical (unpaired) electrons. The fourth-order valence-corrected chi connectivity index (χ4v) is 3.81. The molecule has 0 unspecified atom stereocenters. The summed E-state index contributed by atoms with van der Waals surface area (Å²) in [4.78, 5) is 18.6. The lowest BCUT2D eigenvalue weighted by Gasteiger charge is -2.15. The Morgan fingerprint density at radius 2 is 2.07 bits per heavy atom. The minimum atomic E-state index is -0.0217. The van der Waals surface area contributed by atoms with Gasteiger partial charge >= 0.3 is 0 Å². The van der Waals surface area contributed by atoms with Crippen LogP contribution in [0.3, 0.4) is 0 Å². The predicted molar refractivity (Wildman–Crippen MR) is 109 cm³/mol. The zero-order valence-corrected chi connectivity index (χ0v) is 16.5. The topological polar surface area (TPSA) is 61.9 Å². The maximum Gasteiger partial charge on any atom is 0.232 e. The van der Waals surface area contributed by atoms with E-state index < -0.39 is 0 Å². The molecule has 27 heavy (non-hydrogen) atoms. The summed E-state index contributed by atoms with van der Waals surface area (Å²) in [5, 5.41) is 10.1. The van der Waals surface area contributed by atoms with E-state index in [1.807, 2.05) is 36.4 Å². The van der Waals surface area contributed by atoms with Gasteiger partial charge in [-0.1, -0.05) is 53.7 Å². The van der Waals surface area contributed by atoms with Crippen molar-refractivity contribution >= 4 is 40.3 Å². The second-order valence-corrected chi connectivity index (χ2v) is 7.49. The third kappa shape index (κ3) is 4.82. The molecule has 1 aromatic heterocycles. The van der Waals surface area contributed by atoms with E-state index in [-0.39, 0.29) is 11.7 Å². The molecule has 0 fully saturated rings.